The van der Waals surface area contributed by atoms with E-state index in [2.05, 4.69) is 53.4 Å². The molecule has 0 saturated carbocycles. The SMILES string of the molecule is Clc1ccc(N2CC(Cc3ccccc3)CCC2c2ccc(Cl)cc2Cl)cc1. The Bertz CT molecular complexity index is 924. The first-order valence-corrected chi connectivity index (χ1v) is 10.7. The second kappa shape index (κ2) is 8.78. The van der Waals surface area contributed by atoms with Crippen LogP contribution in [0.4, 0.5) is 5.69 Å². The number of hydrogen-bond donors (Lipinski definition) is 0. The second-order valence-corrected chi connectivity index (χ2v) is 8.72. The van der Waals surface area contributed by atoms with Gasteiger partial charge in [0.2, 0.25) is 0 Å². The van der Waals surface area contributed by atoms with Gasteiger partial charge < -0.3 is 4.90 Å². The maximum absolute atomic E-state index is 6.57. The molecule has 4 heteroatoms. The van der Waals surface area contributed by atoms with Crippen molar-refractivity contribution in [2.24, 2.45) is 5.92 Å². The topological polar surface area (TPSA) is 3.24 Å². The van der Waals surface area contributed by atoms with Crippen LogP contribution < -0.4 is 4.90 Å². The molecule has 0 bridgehead atoms. The van der Waals surface area contributed by atoms with E-state index in [0.717, 1.165) is 35.0 Å². The third-order valence-corrected chi connectivity index (χ3v) is 6.34. The Kier molecular flexibility index (Phi) is 6.16. The highest BCUT2D eigenvalue weighted by Gasteiger charge is 2.31. The van der Waals surface area contributed by atoms with Gasteiger partial charge in [0.05, 0.1) is 6.04 Å². The maximum Gasteiger partial charge on any atom is 0.0557 e. The summed E-state index contributed by atoms with van der Waals surface area (Å²) in [5, 5.41) is 2.16. The average molecular weight is 431 g/mol. The summed E-state index contributed by atoms with van der Waals surface area (Å²) in [5.74, 6) is 0.598. The lowest BCUT2D eigenvalue weighted by atomic mass is 9.85. The number of piperidine rings is 1. The number of rotatable bonds is 4. The summed E-state index contributed by atoms with van der Waals surface area (Å²) in [6.07, 6.45) is 3.32. The number of halogens is 3. The van der Waals surface area contributed by atoms with Crippen LogP contribution in [0.3, 0.4) is 0 Å². The summed E-state index contributed by atoms with van der Waals surface area (Å²) in [7, 11) is 0. The number of hydrogen-bond acceptors (Lipinski definition) is 1. The van der Waals surface area contributed by atoms with E-state index in [1.807, 2.05) is 24.3 Å². The highest BCUT2D eigenvalue weighted by atomic mass is 35.5. The third-order valence-electron chi connectivity index (χ3n) is 5.53. The summed E-state index contributed by atoms with van der Waals surface area (Å²) in [6, 6.07) is 24.9. The molecule has 4 rings (SSSR count). The molecule has 0 aromatic heterocycles. The first kappa shape index (κ1) is 19.6. The van der Waals surface area contributed by atoms with E-state index in [4.69, 9.17) is 34.8 Å². The van der Waals surface area contributed by atoms with Crippen molar-refractivity contribution < 1.29 is 0 Å². The molecule has 0 aliphatic carbocycles. The molecular weight excluding hydrogens is 409 g/mol. The lowest BCUT2D eigenvalue weighted by molar-refractivity contribution is 0.358. The molecule has 1 heterocycles. The molecule has 144 valence electrons. The summed E-state index contributed by atoms with van der Waals surface area (Å²) in [5.41, 5.74) is 3.71. The predicted molar refractivity (Wildman–Crippen MR) is 121 cm³/mol. The van der Waals surface area contributed by atoms with Crippen molar-refractivity contribution in [2.75, 3.05) is 11.4 Å². The molecule has 3 aromatic rings. The molecular formula is C24H22Cl3N. The van der Waals surface area contributed by atoms with Gasteiger partial charge in [0.15, 0.2) is 0 Å². The normalized spacial score (nSPS) is 19.6. The van der Waals surface area contributed by atoms with E-state index in [0.29, 0.717) is 10.9 Å². The average Bonchev–Trinajstić information content (AvgIpc) is 2.70. The third kappa shape index (κ3) is 4.49. The van der Waals surface area contributed by atoms with Gasteiger partial charge >= 0.3 is 0 Å². The van der Waals surface area contributed by atoms with Crippen molar-refractivity contribution >= 4 is 40.5 Å². The van der Waals surface area contributed by atoms with Crippen LogP contribution in [0.15, 0.2) is 72.8 Å². The van der Waals surface area contributed by atoms with Gasteiger partial charge in [0.25, 0.3) is 0 Å². The molecule has 1 fully saturated rings. The number of anilines is 1. The second-order valence-electron chi connectivity index (χ2n) is 7.44. The summed E-state index contributed by atoms with van der Waals surface area (Å²) >= 11 is 18.8. The van der Waals surface area contributed by atoms with Crippen LogP contribution in [0.2, 0.25) is 15.1 Å². The van der Waals surface area contributed by atoms with Gasteiger partial charge in [-0.2, -0.15) is 0 Å². The monoisotopic (exact) mass is 429 g/mol. The minimum absolute atomic E-state index is 0.234. The zero-order valence-corrected chi connectivity index (χ0v) is 17.8. The van der Waals surface area contributed by atoms with Crippen molar-refractivity contribution in [3.63, 3.8) is 0 Å². The van der Waals surface area contributed by atoms with Gasteiger partial charge in [-0.25, -0.2) is 0 Å². The first-order chi connectivity index (χ1) is 13.6. The zero-order valence-electron chi connectivity index (χ0n) is 15.5. The van der Waals surface area contributed by atoms with E-state index in [9.17, 15) is 0 Å². The first-order valence-electron chi connectivity index (χ1n) is 9.61. The summed E-state index contributed by atoms with van der Waals surface area (Å²) < 4.78 is 0. The highest BCUT2D eigenvalue weighted by molar-refractivity contribution is 6.35. The van der Waals surface area contributed by atoms with Crippen LogP contribution in [0.25, 0.3) is 0 Å². The molecule has 0 N–H and O–H groups in total. The van der Waals surface area contributed by atoms with Gasteiger partial charge in [0.1, 0.15) is 0 Å². The Balaban J connectivity index is 1.63. The molecule has 2 unspecified atom stereocenters. The Labute approximate surface area is 181 Å². The smallest absolute Gasteiger partial charge is 0.0557 e. The van der Waals surface area contributed by atoms with E-state index < -0.39 is 0 Å². The Morgan fingerprint density at radius 1 is 0.786 bits per heavy atom. The van der Waals surface area contributed by atoms with Crippen molar-refractivity contribution in [2.45, 2.75) is 25.3 Å². The molecule has 0 radical (unpaired) electrons. The van der Waals surface area contributed by atoms with Crippen LogP contribution in [-0.2, 0) is 6.42 Å². The van der Waals surface area contributed by atoms with Crippen LogP contribution in [0.1, 0.15) is 30.0 Å². The van der Waals surface area contributed by atoms with Gasteiger partial charge in [0, 0.05) is 27.3 Å². The molecule has 1 saturated heterocycles. The van der Waals surface area contributed by atoms with Crippen molar-refractivity contribution in [3.8, 4) is 0 Å². The van der Waals surface area contributed by atoms with Crippen LogP contribution in [-0.4, -0.2) is 6.54 Å². The Hall–Kier alpha value is -1.67. The number of benzene rings is 3. The predicted octanol–water partition coefficient (Wildman–Crippen LogP) is 7.85. The molecule has 0 amide bonds. The molecule has 1 aliphatic heterocycles. The summed E-state index contributed by atoms with van der Waals surface area (Å²) in [4.78, 5) is 2.47. The van der Waals surface area contributed by atoms with Crippen LogP contribution in [0.5, 0.6) is 0 Å². The van der Waals surface area contributed by atoms with E-state index in [-0.39, 0.29) is 6.04 Å². The van der Waals surface area contributed by atoms with Gasteiger partial charge in [-0.15, -0.1) is 0 Å². The van der Waals surface area contributed by atoms with Crippen LogP contribution in [0, 0.1) is 5.92 Å². The van der Waals surface area contributed by atoms with Crippen molar-refractivity contribution in [1.82, 2.24) is 0 Å². The fourth-order valence-electron chi connectivity index (χ4n) is 4.17. The fourth-order valence-corrected chi connectivity index (χ4v) is 4.83. The van der Waals surface area contributed by atoms with Gasteiger partial charge in [-0.3, -0.25) is 0 Å². The van der Waals surface area contributed by atoms with E-state index in [1.54, 1.807) is 0 Å². The molecule has 3 aromatic carbocycles. The van der Waals surface area contributed by atoms with Crippen molar-refractivity contribution in [3.05, 3.63) is 99.0 Å². The molecule has 2 atom stereocenters. The number of nitrogens with zero attached hydrogens (tertiary/aromatic N) is 1. The van der Waals surface area contributed by atoms with E-state index >= 15 is 0 Å². The molecule has 28 heavy (non-hydrogen) atoms. The van der Waals surface area contributed by atoms with Crippen molar-refractivity contribution in [1.29, 1.82) is 0 Å². The van der Waals surface area contributed by atoms with Gasteiger partial charge in [-0.05, 0) is 72.7 Å². The standard InChI is InChI=1S/C24H22Cl3N/c25-19-7-10-21(11-8-19)28-16-18(14-17-4-2-1-3-5-17)6-13-24(28)22-12-9-20(26)15-23(22)27/h1-5,7-12,15,18,24H,6,13-14,16H2. The zero-order chi connectivity index (χ0) is 19.5. The minimum Gasteiger partial charge on any atom is -0.364 e. The van der Waals surface area contributed by atoms with E-state index in [1.165, 1.54) is 17.7 Å². The largest absolute Gasteiger partial charge is 0.364 e. The Morgan fingerprint density at radius 3 is 2.21 bits per heavy atom. The highest BCUT2D eigenvalue weighted by Crippen LogP contribution is 2.41. The quantitative estimate of drug-likeness (QED) is 0.407. The molecule has 0 spiro atoms. The maximum atomic E-state index is 6.57. The lowest BCUT2D eigenvalue weighted by Crippen LogP contribution is -2.39. The minimum atomic E-state index is 0.234. The molecule has 1 aliphatic rings. The fraction of sp³-hybridized carbons (Fsp3) is 0.250. The Morgan fingerprint density at radius 2 is 1.50 bits per heavy atom. The van der Waals surface area contributed by atoms with Crippen LogP contribution >= 0.6 is 34.8 Å². The summed E-state index contributed by atoms with van der Waals surface area (Å²) in [6.45, 7) is 0.986. The molecule has 1 nitrogen and oxygen atoms in total. The lowest BCUT2D eigenvalue weighted by Gasteiger charge is -2.42. The van der Waals surface area contributed by atoms with Gasteiger partial charge in [-0.1, -0.05) is 71.2 Å².